The van der Waals surface area contributed by atoms with Crippen LogP contribution in [0.4, 0.5) is 13.2 Å². The van der Waals surface area contributed by atoms with Gasteiger partial charge in [-0.1, -0.05) is 60.7 Å². The fraction of sp³-hybridized carbons (Fsp3) is 0.208. The normalized spacial score (nSPS) is 16.6. The minimum absolute atomic E-state index is 0.140. The number of rotatable bonds is 4. The number of nitrogens with zero attached hydrogens (tertiary/aromatic N) is 1. The lowest BCUT2D eigenvalue weighted by atomic mass is 9.98. The molecule has 148 valence electrons. The number of halogens is 3. The summed E-state index contributed by atoms with van der Waals surface area (Å²) in [5.41, 5.74) is 6.52. The summed E-state index contributed by atoms with van der Waals surface area (Å²) < 4.78 is 40.8. The fourth-order valence-electron chi connectivity index (χ4n) is 3.68. The Balaban J connectivity index is 1.49. The summed E-state index contributed by atoms with van der Waals surface area (Å²) in [6.45, 7) is 2.10. The summed E-state index contributed by atoms with van der Waals surface area (Å²) in [6, 6.07) is 22.4. The molecule has 0 N–H and O–H groups in total. The van der Waals surface area contributed by atoms with Crippen molar-refractivity contribution in [3.05, 3.63) is 89.5 Å². The predicted octanol–water partition coefficient (Wildman–Crippen LogP) is 6.88. The Morgan fingerprint density at radius 2 is 1.48 bits per heavy atom. The van der Waals surface area contributed by atoms with Crippen molar-refractivity contribution >= 4 is 5.71 Å². The highest BCUT2D eigenvalue weighted by Gasteiger charge is 2.31. The molecule has 0 fully saturated rings. The monoisotopic (exact) mass is 395 g/mol. The molecule has 0 saturated carbocycles. The molecule has 29 heavy (non-hydrogen) atoms. The first-order valence-corrected chi connectivity index (χ1v) is 9.48. The van der Waals surface area contributed by atoms with Crippen molar-refractivity contribution in [1.82, 2.24) is 0 Å². The van der Waals surface area contributed by atoms with E-state index < -0.39 is 6.36 Å². The summed E-state index contributed by atoms with van der Waals surface area (Å²) >= 11 is 0. The van der Waals surface area contributed by atoms with E-state index in [9.17, 15) is 13.2 Å². The third-order valence-corrected chi connectivity index (χ3v) is 5.14. The van der Waals surface area contributed by atoms with Gasteiger partial charge in [0.15, 0.2) is 0 Å². The molecule has 1 heterocycles. The number of hydrogen-bond donors (Lipinski definition) is 0. The summed E-state index contributed by atoms with van der Waals surface area (Å²) in [7, 11) is 0. The van der Waals surface area contributed by atoms with E-state index >= 15 is 0 Å². The maximum absolute atomic E-state index is 12.3. The molecule has 0 aromatic heterocycles. The SMILES string of the molecule is Cc1ccccc1C1=N[C@@H](c2ccc(-c3ccc(OC(F)(F)F)cc3)cc2)CC1. The molecule has 1 aliphatic rings. The fourth-order valence-corrected chi connectivity index (χ4v) is 3.68. The summed E-state index contributed by atoms with van der Waals surface area (Å²) in [5, 5.41) is 0. The number of alkyl halides is 3. The molecule has 0 aliphatic carbocycles. The summed E-state index contributed by atoms with van der Waals surface area (Å²) in [4.78, 5) is 4.93. The first kappa shape index (κ1) is 19.2. The van der Waals surface area contributed by atoms with Gasteiger partial charge in [0.2, 0.25) is 0 Å². The van der Waals surface area contributed by atoms with Gasteiger partial charge in [-0.3, -0.25) is 4.99 Å². The van der Waals surface area contributed by atoms with E-state index in [0.717, 1.165) is 35.2 Å². The van der Waals surface area contributed by atoms with Crippen LogP contribution in [0, 0.1) is 6.92 Å². The van der Waals surface area contributed by atoms with Gasteiger partial charge in [0, 0.05) is 5.71 Å². The van der Waals surface area contributed by atoms with Crippen LogP contribution in [0.5, 0.6) is 5.75 Å². The van der Waals surface area contributed by atoms with Gasteiger partial charge >= 0.3 is 6.36 Å². The van der Waals surface area contributed by atoms with Crippen molar-refractivity contribution < 1.29 is 17.9 Å². The maximum Gasteiger partial charge on any atom is 0.573 e. The zero-order valence-electron chi connectivity index (χ0n) is 15.9. The molecule has 0 spiro atoms. The van der Waals surface area contributed by atoms with Gasteiger partial charge in [0.05, 0.1) is 6.04 Å². The molecule has 3 aromatic carbocycles. The standard InChI is InChI=1S/C24H20F3NO/c1-16-4-2-3-5-21(16)23-15-14-22(28-23)19-8-6-17(7-9-19)18-10-12-20(13-11-18)29-24(25,26)27/h2-13,22H,14-15H2,1H3/t22-/m1/s1. The lowest BCUT2D eigenvalue weighted by Gasteiger charge is -2.10. The van der Waals surface area contributed by atoms with E-state index in [1.54, 1.807) is 12.1 Å². The summed E-state index contributed by atoms with van der Waals surface area (Å²) in [5.74, 6) is -0.220. The second-order valence-electron chi connectivity index (χ2n) is 7.14. The molecule has 0 radical (unpaired) electrons. The highest BCUT2D eigenvalue weighted by molar-refractivity contribution is 6.02. The highest BCUT2D eigenvalue weighted by Crippen LogP contribution is 2.33. The molecule has 0 bridgehead atoms. The molecule has 1 aliphatic heterocycles. The van der Waals surface area contributed by atoms with Gasteiger partial charge in [-0.05, 0) is 59.7 Å². The van der Waals surface area contributed by atoms with Gasteiger partial charge in [-0.25, -0.2) is 0 Å². The molecule has 3 aromatic rings. The van der Waals surface area contributed by atoms with Gasteiger partial charge in [0.25, 0.3) is 0 Å². The average Bonchev–Trinajstić information content (AvgIpc) is 3.18. The van der Waals surface area contributed by atoms with E-state index in [0.29, 0.717) is 0 Å². The quantitative estimate of drug-likeness (QED) is 0.472. The molecular formula is C24H20F3NO. The molecule has 0 amide bonds. The Hall–Kier alpha value is -3.08. The zero-order valence-corrected chi connectivity index (χ0v) is 15.9. The molecule has 5 heteroatoms. The number of ether oxygens (including phenoxy) is 1. The van der Waals surface area contributed by atoms with Crippen LogP contribution in [0.15, 0.2) is 77.8 Å². The van der Waals surface area contributed by atoms with E-state index in [4.69, 9.17) is 4.99 Å². The lowest BCUT2D eigenvalue weighted by Crippen LogP contribution is -2.16. The van der Waals surface area contributed by atoms with Gasteiger partial charge < -0.3 is 4.74 Å². The second-order valence-corrected chi connectivity index (χ2v) is 7.14. The Morgan fingerprint density at radius 1 is 0.862 bits per heavy atom. The molecule has 0 unspecified atom stereocenters. The molecule has 1 atom stereocenters. The first-order chi connectivity index (χ1) is 13.9. The predicted molar refractivity (Wildman–Crippen MR) is 108 cm³/mol. The molecular weight excluding hydrogens is 375 g/mol. The molecule has 4 rings (SSSR count). The first-order valence-electron chi connectivity index (χ1n) is 9.48. The van der Waals surface area contributed by atoms with Crippen molar-refractivity contribution in [3.63, 3.8) is 0 Å². The Labute approximate surface area is 167 Å². The lowest BCUT2D eigenvalue weighted by molar-refractivity contribution is -0.274. The Kier molecular flexibility index (Phi) is 5.14. The molecule has 0 saturated heterocycles. The highest BCUT2D eigenvalue weighted by atomic mass is 19.4. The van der Waals surface area contributed by atoms with Crippen molar-refractivity contribution in [2.24, 2.45) is 4.99 Å². The number of aryl methyl sites for hydroxylation is 1. The van der Waals surface area contributed by atoms with Crippen LogP contribution in [-0.4, -0.2) is 12.1 Å². The Morgan fingerprint density at radius 3 is 2.10 bits per heavy atom. The van der Waals surface area contributed by atoms with Crippen LogP contribution in [0.2, 0.25) is 0 Å². The maximum atomic E-state index is 12.3. The number of benzene rings is 3. The largest absolute Gasteiger partial charge is 0.573 e. The van der Waals surface area contributed by atoms with Crippen LogP contribution in [-0.2, 0) is 0 Å². The van der Waals surface area contributed by atoms with Crippen LogP contribution >= 0.6 is 0 Å². The van der Waals surface area contributed by atoms with Crippen LogP contribution in [0.25, 0.3) is 11.1 Å². The van der Waals surface area contributed by atoms with Gasteiger partial charge in [0.1, 0.15) is 5.75 Å². The van der Waals surface area contributed by atoms with E-state index in [1.807, 2.05) is 36.4 Å². The van der Waals surface area contributed by atoms with Gasteiger partial charge in [-0.2, -0.15) is 0 Å². The van der Waals surface area contributed by atoms with Crippen molar-refractivity contribution in [2.45, 2.75) is 32.2 Å². The zero-order chi connectivity index (χ0) is 20.4. The minimum atomic E-state index is -4.68. The van der Waals surface area contributed by atoms with Crippen LogP contribution < -0.4 is 4.74 Å². The Bertz CT molecular complexity index is 1020. The third-order valence-electron chi connectivity index (χ3n) is 5.14. The van der Waals surface area contributed by atoms with E-state index in [-0.39, 0.29) is 11.8 Å². The average molecular weight is 395 g/mol. The summed E-state index contributed by atoms with van der Waals surface area (Å²) in [6.07, 6.45) is -2.74. The smallest absolute Gasteiger partial charge is 0.406 e. The van der Waals surface area contributed by atoms with E-state index in [1.165, 1.54) is 23.3 Å². The van der Waals surface area contributed by atoms with Crippen molar-refractivity contribution in [1.29, 1.82) is 0 Å². The van der Waals surface area contributed by atoms with E-state index in [2.05, 4.69) is 23.8 Å². The van der Waals surface area contributed by atoms with Crippen molar-refractivity contribution in [2.75, 3.05) is 0 Å². The number of aliphatic imine (C=N–C) groups is 1. The third kappa shape index (κ3) is 4.50. The minimum Gasteiger partial charge on any atom is -0.406 e. The second kappa shape index (κ2) is 7.74. The molecule has 2 nitrogen and oxygen atoms in total. The topological polar surface area (TPSA) is 21.6 Å². The van der Waals surface area contributed by atoms with Gasteiger partial charge in [-0.15, -0.1) is 13.2 Å². The van der Waals surface area contributed by atoms with Crippen molar-refractivity contribution in [3.8, 4) is 16.9 Å². The number of hydrogen-bond acceptors (Lipinski definition) is 2. The van der Waals surface area contributed by atoms with Crippen LogP contribution in [0.1, 0.15) is 35.6 Å². The van der Waals surface area contributed by atoms with Crippen LogP contribution in [0.3, 0.4) is 0 Å².